The molecule has 1 saturated heterocycles. The maximum Gasteiger partial charge on any atom is 0.280 e. The second-order valence-corrected chi connectivity index (χ2v) is 6.95. The van der Waals surface area contributed by atoms with Gasteiger partial charge in [-0.1, -0.05) is 17.7 Å². The highest BCUT2D eigenvalue weighted by molar-refractivity contribution is 5.94. The van der Waals surface area contributed by atoms with E-state index in [-0.39, 0.29) is 24.4 Å². The lowest BCUT2D eigenvalue weighted by atomic mass is 10.2. The summed E-state index contributed by atoms with van der Waals surface area (Å²) in [6, 6.07) is 7.54. The van der Waals surface area contributed by atoms with E-state index in [1.165, 1.54) is 14.7 Å². The summed E-state index contributed by atoms with van der Waals surface area (Å²) in [5.41, 5.74) is 1.90. The van der Waals surface area contributed by atoms with Crippen molar-refractivity contribution in [2.45, 2.75) is 19.9 Å². The minimum Gasteiger partial charge on any atom is -0.331 e. The van der Waals surface area contributed by atoms with Crippen LogP contribution in [0.15, 0.2) is 24.3 Å². The lowest BCUT2D eigenvalue weighted by Crippen LogP contribution is -3.29. The Hall–Kier alpha value is -1.92. The van der Waals surface area contributed by atoms with E-state index in [0.29, 0.717) is 0 Å². The van der Waals surface area contributed by atoms with E-state index in [9.17, 15) is 9.59 Å². The molecule has 0 aliphatic carbocycles. The van der Waals surface area contributed by atoms with Crippen LogP contribution in [0.3, 0.4) is 0 Å². The highest BCUT2D eigenvalue weighted by atomic mass is 16.2. The minimum atomic E-state index is -0.167. The van der Waals surface area contributed by atoms with Gasteiger partial charge in [-0.3, -0.25) is 9.59 Å². The van der Waals surface area contributed by atoms with E-state index in [2.05, 4.69) is 12.4 Å². The number of piperazine rings is 1. The second-order valence-electron chi connectivity index (χ2n) is 6.95. The summed E-state index contributed by atoms with van der Waals surface area (Å²) in [6.45, 7) is 8.23. The number of hydrogen-bond acceptors (Lipinski definition) is 2. The monoisotopic (exact) mass is 334 g/mol. The quantitative estimate of drug-likeness (QED) is 0.595. The van der Waals surface area contributed by atoms with Crippen molar-refractivity contribution in [1.29, 1.82) is 0 Å². The van der Waals surface area contributed by atoms with E-state index in [1.54, 1.807) is 7.05 Å². The Morgan fingerprint density at radius 2 is 1.75 bits per heavy atom. The van der Waals surface area contributed by atoms with E-state index < -0.39 is 0 Å². The van der Waals surface area contributed by atoms with Crippen LogP contribution in [0, 0.1) is 6.92 Å². The maximum absolute atomic E-state index is 12.6. The van der Waals surface area contributed by atoms with Crippen molar-refractivity contribution in [1.82, 2.24) is 4.90 Å². The Morgan fingerprint density at radius 3 is 2.33 bits per heavy atom. The Labute approximate surface area is 144 Å². The van der Waals surface area contributed by atoms with Crippen molar-refractivity contribution in [2.75, 3.05) is 52.1 Å². The van der Waals surface area contributed by atoms with Gasteiger partial charge in [-0.15, -0.1) is 0 Å². The van der Waals surface area contributed by atoms with Gasteiger partial charge in [-0.2, -0.15) is 0 Å². The van der Waals surface area contributed by atoms with Gasteiger partial charge in [0.25, 0.3) is 5.91 Å². The fraction of sp³-hybridized carbons (Fsp3) is 0.556. The molecular weight excluding hydrogens is 304 g/mol. The third-order valence-corrected chi connectivity index (χ3v) is 4.82. The molecule has 1 aromatic rings. The zero-order chi connectivity index (χ0) is 17.7. The predicted molar refractivity (Wildman–Crippen MR) is 94.2 cm³/mol. The fourth-order valence-electron chi connectivity index (χ4n) is 3.07. The molecule has 2 rings (SSSR count). The highest BCUT2D eigenvalue weighted by Gasteiger charge is 2.31. The number of likely N-dealkylation sites (N-methyl/N-ethyl adjacent to an activating group) is 2. The molecule has 1 fully saturated rings. The van der Waals surface area contributed by atoms with Crippen LogP contribution in [0.1, 0.15) is 12.5 Å². The van der Waals surface area contributed by atoms with Crippen LogP contribution in [-0.2, 0) is 9.59 Å². The van der Waals surface area contributed by atoms with Gasteiger partial charge in [-0.25, -0.2) is 0 Å². The molecule has 0 radical (unpaired) electrons. The summed E-state index contributed by atoms with van der Waals surface area (Å²) in [7, 11) is 3.89. The van der Waals surface area contributed by atoms with Crippen LogP contribution in [0.25, 0.3) is 0 Å². The van der Waals surface area contributed by atoms with Crippen molar-refractivity contribution in [3.63, 3.8) is 0 Å². The Kier molecular flexibility index (Phi) is 6.34. The third kappa shape index (κ3) is 5.04. The van der Waals surface area contributed by atoms with Crippen molar-refractivity contribution in [3.05, 3.63) is 29.8 Å². The maximum atomic E-state index is 12.6. The number of nitrogens with zero attached hydrogens (tertiary/aromatic N) is 1. The van der Waals surface area contributed by atoms with Gasteiger partial charge >= 0.3 is 0 Å². The number of carbonyl (C=O) groups excluding carboxylic acids is 2. The zero-order valence-electron chi connectivity index (χ0n) is 15.2. The lowest BCUT2D eigenvalue weighted by molar-refractivity contribution is -1.01. The van der Waals surface area contributed by atoms with Crippen LogP contribution in [0.5, 0.6) is 0 Å². The molecule has 3 N–H and O–H groups in total. The summed E-state index contributed by atoms with van der Waals surface area (Å²) in [5, 5.41) is 2.84. The Balaban J connectivity index is 1.83. The summed E-state index contributed by atoms with van der Waals surface area (Å²) in [5.74, 6) is -0.136. The standard InChI is InChI=1S/C18H28N4O2/c1-14-5-7-16(8-6-14)19-17(23)13-21(4)18(24)15(2)22-11-9-20(3)10-12-22/h5-8,15H,9-13H2,1-4H3,(H,19,23)/p+2/t15-/m0/s1. The number of nitrogens with one attached hydrogen (secondary N) is 3. The van der Waals surface area contributed by atoms with Crippen molar-refractivity contribution in [2.24, 2.45) is 0 Å². The molecule has 1 heterocycles. The van der Waals surface area contributed by atoms with Gasteiger partial charge in [0.15, 0.2) is 6.04 Å². The van der Waals surface area contributed by atoms with E-state index in [1.807, 2.05) is 38.1 Å². The van der Waals surface area contributed by atoms with Gasteiger partial charge in [0.05, 0.1) is 13.6 Å². The summed E-state index contributed by atoms with van der Waals surface area (Å²) in [6.07, 6.45) is 0. The molecule has 0 spiro atoms. The summed E-state index contributed by atoms with van der Waals surface area (Å²) >= 11 is 0. The molecule has 1 aliphatic rings. The Bertz CT molecular complexity index is 565. The van der Waals surface area contributed by atoms with Gasteiger partial charge in [0.1, 0.15) is 26.2 Å². The van der Waals surface area contributed by atoms with E-state index in [4.69, 9.17) is 0 Å². The van der Waals surface area contributed by atoms with Crippen molar-refractivity contribution >= 4 is 17.5 Å². The van der Waals surface area contributed by atoms with Gasteiger partial charge in [-0.05, 0) is 26.0 Å². The summed E-state index contributed by atoms with van der Waals surface area (Å²) < 4.78 is 0. The number of anilines is 1. The largest absolute Gasteiger partial charge is 0.331 e. The SMILES string of the molecule is Cc1ccc(NC(=O)CN(C)C(=O)[C@H](C)[NH+]2CC[NH+](C)CC2)cc1. The smallest absolute Gasteiger partial charge is 0.280 e. The number of rotatable bonds is 5. The summed E-state index contributed by atoms with van der Waals surface area (Å²) in [4.78, 5) is 29.1. The molecule has 0 unspecified atom stereocenters. The van der Waals surface area contributed by atoms with Crippen LogP contribution >= 0.6 is 0 Å². The average Bonchev–Trinajstić information content (AvgIpc) is 2.56. The normalized spacial score (nSPS) is 21.8. The number of hydrogen-bond donors (Lipinski definition) is 3. The van der Waals surface area contributed by atoms with Crippen LogP contribution < -0.4 is 15.1 Å². The van der Waals surface area contributed by atoms with Crippen LogP contribution in [0.4, 0.5) is 5.69 Å². The minimum absolute atomic E-state index is 0.0311. The molecule has 1 atom stereocenters. The first kappa shape index (κ1) is 18.4. The average molecular weight is 334 g/mol. The van der Waals surface area contributed by atoms with Gasteiger partial charge in [0.2, 0.25) is 5.91 Å². The molecule has 0 aromatic heterocycles. The van der Waals surface area contributed by atoms with Gasteiger partial charge in [0, 0.05) is 12.7 Å². The molecular formula is C18H30N4O2+2. The molecule has 2 amide bonds. The number of benzene rings is 1. The molecule has 0 bridgehead atoms. The molecule has 1 aromatic carbocycles. The van der Waals surface area contributed by atoms with E-state index >= 15 is 0 Å². The predicted octanol–water partition coefficient (Wildman–Crippen LogP) is -1.81. The molecule has 1 aliphatic heterocycles. The van der Waals surface area contributed by atoms with E-state index in [0.717, 1.165) is 37.4 Å². The fourth-order valence-corrected chi connectivity index (χ4v) is 3.07. The first-order valence-electron chi connectivity index (χ1n) is 8.64. The molecule has 24 heavy (non-hydrogen) atoms. The number of carbonyl (C=O) groups is 2. The zero-order valence-corrected chi connectivity index (χ0v) is 15.2. The second kappa shape index (κ2) is 8.26. The molecule has 6 nitrogen and oxygen atoms in total. The first-order valence-corrected chi connectivity index (χ1v) is 8.64. The van der Waals surface area contributed by atoms with Crippen LogP contribution in [0.2, 0.25) is 0 Å². The topological polar surface area (TPSA) is 58.3 Å². The molecule has 132 valence electrons. The van der Waals surface area contributed by atoms with Crippen LogP contribution in [-0.4, -0.2) is 69.6 Å². The van der Waals surface area contributed by atoms with Crippen molar-refractivity contribution < 1.29 is 19.4 Å². The Morgan fingerprint density at radius 1 is 1.17 bits per heavy atom. The molecule has 0 saturated carbocycles. The molecule has 6 heteroatoms. The lowest BCUT2D eigenvalue weighted by Gasteiger charge is -2.32. The number of aryl methyl sites for hydroxylation is 1. The number of amides is 2. The van der Waals surface area contributed by atoms with Crippen molar-refractivity contribution in [3.8, 4) is 0 Å². The number of quaternary nitrogens is 2. The highest BCUT2D eigenvalue weighted by Crippen LogP contribution is 2.08. The van der Waals surface area contributed by atoms with Gasteiger partial charge < -0.3 is 20.0 Å². The third-order valence-electron chi connectivity index (χ3n) is 4.82. The first-order chi connectivity index (χ1) is 11.4.